The van der Waals surface area contributed by atoms with Crippen LogP contribution in [-0.4, -0.2) is 22.3 Å². The Kier molecular flexibility index (Phi) is 5.68. The van der Waals surface area contributed by atoms with E-state index in [1.165, 1.54) is 0 Å². The van der Waals surface area contributed by atoms with Crippen LogP contribution in [0.1, 0.15) is 20.8 Å². The summed E-state index contributed by atoms with van der Waals surface area (Å²) in [6.45, 7) is 5.92. The number of carbonyl (C=O) groups excluding carboxylic acids is 1. The van der Waals surface area contributed by atoms with E-state index in [0.29, 0.717) is 6.47 Å². The molecule has 0 saturated heterocycles. The molecule has 1 rings (SSSR count). The van der Waals surface area contributed by atoms with E-state index >= 15 is 0 Å². The number of hydrogen-bond donors (Lipinski definition) is 1. The Morgan fingerprint density at radius 2 is 2.23 bits per heavy atom. The second-order valence-corrected chi connectivity index (χ2v) is 4.39. The second-order valence-electron chi connectivity index (χ2n) is 3.23. The summed E-state index contributed by atoms with van der Waals surface area (Å²) in [4.78, 5) is 9.60. The number of nitrogens with zero attached hydrogens (tertiary/aromatic N) is 1. The molecule has 0 aromatic carbocycles. The van der Waals surface area contributed by atoms with Gasteiger partial charge in [0.1, 0.15) is 5.60 Å². The smallest absolute Gasteiger partial charge is 0.293 e. The maximum Gasteiger partial charge on any atom is 0.293 e. The van der Waals surface area contributed by atoms with E-state index in [1.54, 1.807) is 6.20 Å². The van der Waals surface area contributed by atoms with Gasteiger partial charge >= 0.3 is 0 Å². The minimum atomic E-state index is -0.318. The van der Waals surface area contributed by atoms with Crippen LogP contribution in [0.3, 0.4) is 0 Å². The van der Waals surface area contributed by atoms with Gasteiger partial charge in [-0.2, -0.15) is 5.10 Å². The molecule has 0 amide bonds. The SMILES string of the molecule is CC(C)(C)OC=O.Ic1ccn[nH]1. The molecule has 0 aliphatic carbocycles. The molecule has 74 valence electrons. The fourth-order valence-corrected chi connectivity index (χ4v) is 0.683. The van der Waals surface area contributed by atoms with Gasteiger partial charge in [0.15, 0.2) is 0 Å². The number of carbonyl (C=O) groups is 1. The van der Waals surface area contributed by atoms with Crippen molar-refractivity contribution in [1.29, 1.82) is 0 Å². The minimum absolute atomic E-state index is 0.318. The number of hydrogen-bond acceptors (Lipinski definition) is 3. The van der Waals surface area contributed by atoms with E-state index in [2.05, 4.69) is 37.5 Å². The number of nitrogens with one attached hydrogen (secondary N) is 1. The molecule has 13 heavy (non-hydrogen) atoms. The third kappa shape index (κ3) is 9.32. The van der Waals surface area contributed by atoms with Crippen molar-refractivity contribution < 1.29 is 9.53 Å². The zero-order chi connectivity index (χ0) is 10.3. The predicted octanol–water partition coefficient (Wildman–Crippen LogP) is 1.97. The van der Waals surface area contributed by atoms with E-state index in [0.717, 1.165) is 3.70 Å². The van der Waals surface area contributed by atoms with Crippen LogP contribution in [0.2, 0.25) is 0 Å². The van der Waals surface area contributed by atoms with Crippen LogP contribution in [0.4, 0.5) is 0 Å². The van der Waals surface area contributed by atoms with Gasteiger partial charge in [-0.25, -0.2) is 0 Å². The molecule has 5 heteroatoms. The number of aromatic amines is 1. The first-order valence-electron chi connectivity index (χ1n) is 3.72. The van der Waals surface area contributed by atoms with Crippen LogP contribution >= 0.6 is 22.6 Å². The highest BCUT2D eigenvalue weighted by Crippen LogP contribution is 2.02. The first-order chi connectivity index (χ1) is 5.95. The summed E-state index contributed by atoms with van der Waals surface area (Å²) in [5.74, 6) is 0. The Bertz CT molecular complexity index is 229. The number of aromatic nitrogens is 2. The van der Waals surface area contributed by atoms with Crippen LogP contribution < -0.4 is 0 Å². The average molecular weight is 296 g/mol. The summed E-state index contributed by atoms with van der Waals surface area (Å²) in [7, 11) is 0. The molecule has 1 aromatic heterocycles. The zero-order valence-electron chi connectivity index (χ0n) is 7.87. The van der Waals surface area contributed by atoms with E-state index < -0.39 is 0 Å². The Hall–Kier alpha value is -0.590. The summed E-state index contributed by atoms with van der Waals surface area (Å²) >= 11 is 2.16. The van der Waals surface area contributed by atoms with Gasteiger partial charge < -0.3 is 4.74 Å². The standard InChI is InChI=1S/C5H10O2.C3H3IN2/c1-5(2,3)7-4-6;4-3-1-2-5-6-3/h4H,1-3H3;1-2H,(H,5,6). The van der Waals surface area contributed by atoms with E-state index in [9.17, 15) is 4.79 Å². The Morgan fingerprint density at radius 1 is 1.62 bits per heavy atom. The average Bonchev–Trinajstić information content (AvgIpc) is 2.38. The number of rotatable bonds is 1. The molecule has 0 spiro atoms. The zero-order valence-corrected chi connectivity index (χ0v) is 10.0. The van der Waals surface area contributed by atoms with Crippen molar-refractivity contribution >= 4 is 29.1 Å². The Morgan fingerprint density at radius 3 is 2.31 bits per heavy atom. The lowest BCUT2D eigenvalue weighted by atomic mass is 10.2. The molecule has 0 radical (unpaired) electrons. The maximum absolute atomic E-state index is 9.60. The predicted molar refractivity (Wildman–Crippen MR) is 58.2 cm³/mol. The van der Waals surface area contributed by atoms with Gasteiger partial charge in [0.05, 0.1) is 3.70 Å². The minimum Gasteiger partial charge on any atom is -0.462 e. The van der Waals surface area contributed by atoms with Crippen molar-refractivity contribution in [1.82, 2.24) is 10.2 Å². The van der Waals surface area contributed by atoms with E-state index in [4.69, 9.17) is 0 Å². The van der Waals surface area contributed by atoms with Crippen molar-refractivity contribution in [3.63, 3.8) is 0 Å². The Balaban J connectivity index is 0.000000223. The molecule has 0 saturated carbocycles. The number of H-pyrrole nitrogens is 1. The van der Waals surface area contributed by atoms with Gasteiger partial charge in [-0.3, -0.25) is 9.89 Å². The highest BCUT2D eigenvalue weighted by Gasteiger charge is 2.07. The van der Waals surface area contributed by atoms with Gasteiger partial charge in [0.2, 0.25) is 0 Å². The summed E-state index contributed by atoms with van der Waals surface area (Å²) in [5, 5.41) is 6.43. The lowest BCUT2D eigenvalue weighted by molar-refractivity contribution is -0.138. The second kappa shape index (κ2) is 5.95. The monoisotopic (exact) mass is 296 g/mol. The highest BCUT2D eigenvalue weighted by molar-refractivity contribution is 14.1. The highest BCUT2D eigenvalue weighted by atomic mass is 127. The van der Waals surface area contributed by atoms with Crippen LogP contribution in [0.25, 0.3) is 0 Å². The largest absolute Gasteiger partial charge is 0.462 e. The van der Waals surface area contributed by atoms with Gasteiger partial charge in [0.25, 0.3) is 6.47 Å². The fourth-order valence-electron chi connectivity index (χ4n) is 0.383. The molecule has 4 nitrogen and oxygen atoms in total. The molecule has 0 aliphatic rings. The van der Waals surface area contributed by atoms with Crippen LogP contribution in [-0.2, 0) is 9.53 Å². The van der Waals surface area contributed by atoms with Crippen molar-refractivity contribution in [2.24, 2.45) is 0 Å². The van der Waals surface area contributed by atoms with Gasteiger partial charge in [0, 0.05) is 6.20 Å². The molecule has 0 fully saturated rings. The quantitative estimate of drug-likeness (QED) is 0.637. The number of ether oxygens (including phenoxy) is 1. The lowest BCUT2D eigenvalue weighted by Crippen LogP contribution is -2.17. The molecular weight excluding hydrogens is 283 g/mol. The third-order valence-electron chi connectivity index (χ3n) is 0.868. The number of halogens is 1. The molecular formula is C8H13IN2O2. The fraction of sp³-hybridized carbons (Fsp3) is 0.500. The normalized spacial score (nSPS) is 9.85. The van der Waals surface area contributed by atoms with Crippen molar-refractivity contribution in [2.75, 3.05) is 0 Å². The Labute approximate surface area is 91.2 Å². The maximum atomic E-state index is 9.60. The molecule has 1 aromatic rings. The summed E-state index contributed by atoms with van der Waals surface area (Å²) < 4.78 is 5.63. The van der Waals surface area contributed by atoms with E-state index in [1.807, 2.05) is 26.8 Å². The summed E-state index contributed by atoms with van der Waals surface area (Å²) in [6.07, 6.45) is 1.72. The first kappa shape index (κ1) is 12.4. The molecule has 1 heterocycles. The lowest BCUT2D eigenvalue weighted by Gasteiger charge is -2.14. The summed E-state index contributed by atoms with van der Waals surface area (Å²) in [5.41, 5.74) is -0.318. The first-order valence-corrected chi connectivity index (χ1v) is 4.80. The molecule has 0 aliphatic heterocycles. The molecule has 0 atom stereocenters. The molecule has 0 unspecified atom stereocenters. The van der Waals surface area contributed by atoms with Gasteiger partial charge in [-0.05, 0) is 49.4 Å². The van der Waals surface area contributed by atoms with Crippen molar-refractivity contribution in [2.45, 2.75) is 26.4 Å². The van der Waals surface area contributed by atoms with Gasteiger partial charge in [-0.15, -0.1) is 0 Å². The summed E-state index contributed by atoms with van der Waals surface area (Å²) in [6, 6.07) is 1.90. The van der Waals surface area contributed by atoms with Gasteiger partial charge in [-0.1, -0.05) is 0 Å². The third-order valence-corrected chi connectivity index (χ3v) is 1.47. The van der Waals surface area contributed by atoms with Crippen LogP contribution in [0.5, 0.6) is 0 Å². The van der Waals surface area contributed by atoms with E-state index in [-0.39, 0.29) is 5.60 Å². The van der Waals surface area contributed by atoms with Crippen molar-refractivity contribution in [3.8, 4) is 0 Å². The van der Waals surface area contributed by atoms with Crippen molar-refractivity contribution in [3.05, 3.63) is 16.0 Å². The molecule has 1 N–H and O–H groups in total. The topological polar surface area (TPSA) is 55.0 Å². The molecule has 0 bridgehead atoms. The van der Waals surface area contributed by atoms with Crippen LogP contribution in [0, 0.1) is 3.70 Å². The van der Waals surface area contributed by atoms with Crippen LogP contribution in [0.15, 0.2) is 12.3 Å².